The van der Waals surface area contributed by atoms with Crippen molar-refractivity contribution < 1.29 is 4.57 Å². The van der Waals surface area contributed by atoms with E-state index in [1.54, 1.807) is 0 Å². The standard InChI is InChI=1S/C12H12N/c1-11-7-9-13(10-8-11)12-5-3-2-4-6-12/h2-10H,1H3/q+1. The van der Waals surface area contributed by atoms with Crippen LogP contribution in [0, 0.1) is 6.92 Å². The molecular formula is C12H12N+. The van der Waals surface area contributed by atoms with Crippen LogP contribution in [0.15, 0.2) is 54.9 Å². The van der Waals surface area contributed by atoms with Crippen molar-refractivity contribution in [2.24, 2.45) is 0 Å². The molecule has 0 spiro atoms. The average molecular weight is 170 g/mol. The molecule has 2 aromatic rings. The summed E-state index contributed by atoms with van der Waals surface area (Å²) >= 11 is 0. The highest BCUT2D eigenvalue weighted by atomic mass is 14.9. The van der Waals surface area contributed by atoms with Gasteiger partial charge in [-0.15, -0.1) is 0 Å². The van der Waals surface area contributed by atoms with Gasteiger partial charge in [-0.05, 0) is 12.5 Å². The van der Waals surface area contributed by atoms with Crippen LogP contribution < -0.4 is 4.57 Å². The molecule has 13 heavy (non-hydrogen) atoms. The van der Waals surface area contributed by atoms with Crippen molar-refractivity contribution in [1.82, 2.24) is 0 Å². The minimum atomic E-state index is 1.20. The Hall–Kier alpha value is -1.63. The number of hydrogen-bond acceptors (Lipinski definition) is 0. The molecule has 2 rings (SSSR count). The second-order valence-electron chi connectivity index (χ2n) is 3.12. The largest absolute Gasteiger partial charge is 0.210 e. The lowest BCUT2D eigenvalue weighted by molar-refractivity contribution is -0.595. The summed E-state index contributed by atoms with van der Waals surface area (Å²) in [5.74, 6) is 0. The SMILES string of the molecule is Cc1cc[n+](-c2ccccc2)cc1. The highest BCUT2D eigenvalue weighted by Gasteiger charge is 2.01. The molecule has 1 nitrogen and oxygen atoms in total. The molecule has 0 atom stereocenters. The Morgan fingerprint density at radius 2 is 1.46 bits per heavy atom. The van der Waals surface area contributed by atoms with Crippen LogP contribution in [0.1, 0.15) is 5.56 Å². The van der Waals surface area contributed by atoms with Gasteiger partial charge in [0.15, 0.2) is 12.4 Å². The molecule has 64 valence electrons. The third kappa shape index (κ3) is 1.75. The van der Waals surface area contributed by atoms with Crippen LogP contribution in [0.25, 0.3) is 5.69 Å². The van der Waals surface area contributed by atoms with Crippen LogP contribution in [0.3, 0.4) is 0 Å². The summed E-state index contributed by atoms with van der Waals surface area (Å²) in [4.78, 5) is 0. The van der Waals surface area contributed by atoms with E-state index in [-0.39, 0.29) is 0 Å². The molecule has 0 saturated carbocycles. The number of nitrogens with zero attached hydrogens (tertiary/aromatic N) is 1. The lowest BCUT2D eigenvalue weighted by atomic mass is 10.3. The number of aromatic nitrogens is 1. The van der Waals surface area contributed by atoms with Crippen molar-refractivity contribution >= 4 is 0 Å². The minimum Gasteiger partial charge on any atom is -0.167 e. The Kier molecular flexibility index (Phi) is 2.09. The summed E-state index contributed by atoms with van der Waals surface area (Å²) < 4.78 is 2.10. The molecule has 0 saturated heterocycles. The zero-order valence-electron chi connectivity index (χ0n) is 7.64. The van der Waals surface area contributed by atoms with Crippen molar-refractivity contribution in [2.45, 2.75) is 6.92 Å². The molecule has 0 aliphatic carbocycles. The van der Waals surface area contributed by atoms with Crippen molar-refractivity contribution in [3.05, 3.63) is 60.4 Å². The van der Waals surface area contributed by atoms with E-state index in [4.69, 9.17) is 0 Å². The molecule has 0 N–H and O–H groups in total. The minimum absolute atomic E-state index is 1.20. The van der Waals surface area contributed by atoms with Gasteiger partial charge < -0.3 is 0 Å². The molecule has 0 aliphatic rings. The van der Waals surface area contributed by atoms with Gasteiger partial charge in [-0.1, -0.05) is 18.2 Å². The number of aryl methyl sites for hydroxylation is 1. The molecule has 1 heteroatoms. The fourth-order valence-electron chi connectivity index (χ4n) is 1.27. The Morgan fingerprint density at radius 3 is 2.08 bits per heavy atom. The Morgan fingerprint density at radius 1 is 0.846 bits per heavy atom. The normalized spacial score (nSPS) is 9.92. The molecule has 0 radical (unpaired) electrons. The quantitative estimate of drug-likeness (QED) is 0.578. The summed E-state index contributed by atoms with van der Waals surface area (Å²) in [5.41, 5.74) is 2.48. The number of rotatable bonds is 1. The fraction of sp³-hybridized carbons (Fsp3) is 0.0833. The van der Waals surface area contributed by atoms with Gasteiger partial charge in [-0.25, -0.2) is 0 Å². The molecule has 0 bridgehead atoms. The highest BCUT2D eigenvalue weighted by molar-refractivity contribution is 5.21. The Balaban J connectivity index is 2.42. The molecule has 1 heterocycles. The van der Waals surface area contributed by atoms with E-state index in [1.165, 1.54) is 11.3 Å². The first-order chi connectivity index (χ1) is 6.36. The van der Waals surface area contributed by atoms with Crippen LogP contribution in [-0.2, 0) is 0 Å². The Bertz CT molecular complexity index is 376. The number of para-hydroxylation sites is 1. The van der Waals surface area contributed by atoms with E-state index in [0.717, 1.165) is 0 Å². The summed E-state index contributed by atoms with van der Waals surface area (Å²) in [5, 5.41) is 0. The molecule has 1 aromatic heterocycles. The van der Waals surface area contributed by atoms with Crippen molar-refractivity contribution in [3.63, 3.8) is 0 Å². The van der Waals surface area contributed by atoms with E-state index in [0.29, 0.717) is 0 Å². The van der Waals surface area contributed by atoms with Gasteiger partial charge in [-0.3, -0.25) is 0 Å². The van der Waals surface area contributed by atoms with Gasteiger partial charge in [0, 0.05) is 24.3 Å². The van der Waals surface area contributed by atoms with Crippen molar-refractivity contribution in [2.75, 3.05) is 0 Å². The van der Waals surface area contributed by atoms with Crippen LogP contribution in [-0.4, -0.2) is 0 Å². The lowest BCUT2D eigenvalue weighted by Gasteiger charge is -1.94. The first-order valence-corrected chi connectivity index (χ1v) is 4.39. The maximum Gasteiger partial charge on any atom is 0.210 e. The van der Waals surface area contributed by atoms with E-state index in [1.807, 2.05) is 18.2 Å². The monoisotopic (exact) mass is 170 g/mol. The van der Waals surface area contributed by atoms with Crippen LogP contribution >= 0.6 is 0 Å². The fourth-order valence-corrected chi connectivity index (χ4v) is 1.27. The van der Waals surface area contributed by atoms with Gasteiger partial charge in [0.05, 0.1) is 0 Å². The first-order valence-electron chi connectivity index (χ1n) is 4.39. The number of hydrogen-bond donors (Lipinski definition) is 0. The summed E-state index contributed by atoms with van der Waals surface area (Å²) in [6.45, 7) is 2.09. The van der Waals surface area contributed by atoms with Gasteiger partial charge in [0.2, 0.25) is 5.69 Å². The van der Waals surface area contributed by atoms with E-state index in [2.05, 4.69) is 48.1 Å². The predicted molar refractivity (Wildman–Crippen MR) is 52.7 cm³/mol. The Labute approximate surface area is 78.3 Å². The van der Waals surface area contributed by atoms with Crippen molar-refractivity contribution in [3.8, 4) is 5.69 Å². The molecule has 0 aliphatic heterocycles. The second kappa shape index (κ2) is 3.40. The predicted octanol–water partition coefficient (Wildman–Crippen LogP) is 2.27. The van der Waals surface area contributed by atoms with Crippen LogP contribution in [0.5, 0.6) is 0 Å². The van der Waals surface area contributed by atoms with E-state index >= 15 is 0 Å². The molecule has 0 amide bonds. The zero-order valence-corrected chi connectivity index (χ0v) is 7.64. The topological polar surface area (TPSA) is 3.88 Å². The average Bonchev–Trinajstić information content (AvgIpc) is 2.20. The van der Waals surface area contributed by atoms with Gasteiger partial charge in [-0.2, -0.15) is 4.57 Å². The highest BCUT2D eigenvalue weighted by Crippen LogP contribution is 1.98. The maximum atomic E-state index is 2.10. The molecule has 0 unspecified atom stereocenters. The van der Waals surface area contributed by atoms with Gasteiger partial charge in [0.1, 0.15) is 0 Å². The molecular weight excluding hydrogens is 158 g/mol. The summed E-state index contributed by atoms with van der Waals surface area (Å²) in [7, 11) is 0. The summed E-state index contributed by atoms with van der Waals surface area (Å²) in [6.07, 6.45) is 4.15. The summed E-state index contributed by atoms with van der Waals surface area (Å²) in [6, 6.07) is 14.5. The third-order valence-corrected chi connectivity index (χ3v) is 2.05. The van der Waals surface area contributed by atoms with Crippen LogP contribution in [0.4, 0.5) is 0 Å². The van der Waals surface area contributed by atoms with E-state index in [9.17, 15) is 0 Å². The third-order valence-electron chi connectivity index (χ3n) is 2.05. The smallest absolute Gasteiger partial charge is 0.167 e. The second-order valence-corrected chi connectivity index (χ2v) is 3.12. The van der Waals surface area contributed by atoms with E-state index < -0.39 is 0 Å². The first kappa shape index (κ1) is 7.99. The van der Waals surface area contributed by atoms with Crippen molar-refractivity contribution in [1.29, 1.82) is 0 Å². The molecule has 0 fully saturated rings. The van der Waals surface area contributed by atoms with Gasteiger partial charge in [0.25, 0.3) is 0 Å². The molecule has 1 aromatic carbocycles. The van der Waals surface area contributed by atoms with Crippen LogP contribution in [0.2, 0.25) is 0 Å². The number of benzene rings is 1. The number of pyridine rings is 1. The maximum absolute atomic E-state index is 2.10. The zero-order chi connectivity index (χ0) is 9.10. The van der Waals surface area contributed by atoms with Gasteiger partial charge >= 0.3 is 0 Å². The lowest BCUT2D eigenvalue weighted by Crippen LogP contribution is -2.28.